The van der Waals surface area contributed by atoms with Gasteiger partial charge in [-0.05, 0) is 59.7 Å². The Morgan fingerprint density at radius 2 is 1.40 bits per heavy atom. The number of piperidine rings is 1. The number of rotatable bonds is 3. The van der Waals surface area contributed by atoms with E-state index >= 15 is 0 Å². The van der Waals surface area contributed by atoms with Gasteiger partial charge in [0.2, 0.25) is 0 Å². The van der Waals surface area contributed by atoms with E-state index in [4.69, 9.17) is 0 Å². The molecule has 0 aromatic carbocycles. The second kappa shape index (κ2) is 5.52. The summed E-state index contributed by atoms with van der Waals surface area (Å²) in [5.74, 6) is -0.702. The molecular formula is C16H26N2O2. The summed E-state index contributed by atoms with van der Waals surface area (Å²) in [6, 6.07) is -0.132. The summed E-state index contributed by atoms with van der Waals surface area (Å²) in [7, 11) is 2.09. The van der Waals surface area contributed by atoms with Gasteiger partial charge in [-0.1, -0.05) is 13.2 Å². The van der Waals surface area contributed by atoms with Crippen LogP contribution in [0.4, 0.5) is 0 Å². The van der Waals surface area contributed by atoms with E-state index < -0.39 is 0 Å². The topological polar surface area (TPSA) is 40.6 Å². The number of likely N-dealkylation sites (tertiary alicyclic amines) is 1. The lowest BCUT2D eigenvalue weighted by Gasteiger charge is -2.55. The van der Waals surface area contributed by atoms with Crippen molar-refractivity contribution in [2.75, 3.05) is 7.05 Å². The average Bonchev–Trinajstić information content (AvgIpc) is 2.34. The molecule has 0 spiro atoms. The number of carbonyl (C=O) groups is 2. The van der Waals surface area contributed by atoms with Crippen molar-refractivity contribution in [3.8, 4) is 0 Å². The molecule has 1 rings (SSSR count). The predicted molar refractivity (Wildman–Crippen MR) is 81.2 cm³/mol. The number of amides is 2. The third-order valence-corrected chi connectivity index (χ3v) is 4.48. The molecule has 2 amide bonds. The van der Waals surface area contributed by atoms with Crippen LogP contribution in [0.15, 0.2) is 25.3 Å². The maximum absolute atomic E-state index is 12.0. The molecule has 0 aromatic rings. The molecule has 0 atom stereocenters. The van der Waals surface area contributed by atoms with Crippen LogP contribution < -0.4 is 0 Å². The third-order valence-electron chi connectivity index (χ3n) is 4.48. The molecule has 4 heteroatoms. The minimum Gasteiger partial charge on any atom is -0.296 e. The lowest BCUT2D eigenvalue weighted by molar-refractivity contribution is -0.146. The van der Waals surface area contributed by atoms with Crippen LogP contribution >= 0.6 is 0 Å². The van der Waals surface area contributed by atoms with Gasteiger partial charge in [-0.2, -0.15) is 0 Å². The highest BCUT2D eigenvalue weighted by molar-refractivity contribution is 6.05. The minimum atomic E-state index is -0.351. The van der Waals surface area contributed by atoms with E-state index in [-0.39, 0.29) is 28.9 Å². The summed E-state index contributed by atoms with van der Waals surface area (Å²) in [6.07, 6.45) is 3.87. The first-order valence-corrected chi connectivity index (χ1v) is 6.93. The van der Waals surface area contributed by atoms with E-state index in [1.54, 1.807) is 0 Å². The van der Waals surface area contributed by atoms with Crippen molar-refractivity contribution in [2.24, 2.45) is 0 Å². The van der Waals surface area contributed by atoms with Crippen molar-refractivity contribution in [1.29, 1.82) is 0 Å². The van der Waals surface area contributed by atoms with E-state index in [9.17, 15) is 9.59 Å². The van der Waals surface area contributed by atoms with Gasteiger partial charge in [0.05, 0.1) is 0 Å². The fourth-order valence-electron chi connectivity index (χ4n) is 3.17. The molecule has 1 aliphatic rings. The predicted octanol–water partition coefficient (Wildman–Crippen LogP) is 2.37. The highest BCUT2D eigenvalue weighted by atomic mass is 16.2. The Kier molecular flexibility index (Phi) is 4.59. The Morgan fingerprint density at radius 3 is 1.70 bits per heavy atom. The molecule has 1 saturated heterocycles. The molecule has 0 saturated carbocycles. The van der Waals surface area contributed by atoms with Crippen molar-refractivity contribution >= 4 is 11.8 Å². The third kappa shape index (κ3) is 3.01. The highest BCUT2D eigenvalue weighted by Gasteiger charge is 2.46. The van der Waals surface area contributed by atoms with Crippen molar-refractivity contribution in [1.82, 2.24) is 9.80 Å². The first-order valence-electron chi connectivity index (χ1n) is 6.93. The Bertz CT molecular complexity index is 400. The van der Waals surface area contributed by atoms with Gasteiger partial charge < -0.3 is 0 Å². The lowest BCUT2D eigenvalue weighted by atomic mass is 9.77. The summed E-state index contributed by atoms with van der Waals surface area (Å²) >= 11 is 0. The van der Waals surface area contributed by atoms with Crippen LogP contribution in [0, 0.1) is 0 Å². The van der Waals surface area contributed by atoms with Crippen LogP contribution in [-0.4, -0.2) is 45.8 Å². The fourth-order valence-corrected chi connectivity index (χ4v) is 3.17. The SMILES string of the molecule is C=CC(=O)N(C(=O)C=C)C1CC(C)(C)N(C)C(C)(C)C1. The van der Waals surface area contributed by atoms with E-state index in [1.807, 2.05) is 0 Å². The van der Waals surface area contributed by atoms with Crippen LogP contribution in [0.1, 0.15) is 40.5 Å². The van der Waals surface area contributed by atoms with Crippen LogP contribution in [0.5, 0.6) is 0 Å². The quantitative estimate of drug-likeness (QED) is 0.744. The molecule has 4 nitrogen and oxygen atoms in total. The van der Waals surface area contributed by atoms with Crippen LogP contribution in [0.3, 0.4) is 0 Å². The molecule has 1 aliphatic heterocycles. The van der Waals surface area contributed by atoms with Gasteiger partial charge in [-0.15, -0.1) is 0 Å². The van der Waals surface area contributed by atoms with Gasteiger partial charge in [0.25, 0.3) is 11.8 Å². The molecular weight excluding hydrogens is 252 g/mol. The van der Waals surface area contributed by atoms with E-state index in [1.165, 1.54) is 17.1 Å². The summed E-state index contributed by atoms with van der Waals surface area (Å²) in [6.45, 7) is 15.5. The molecule has 0 N–H and O–H groups in total. The monoisotopic (exact) mass is 278 g/mol. The Balaban J connectivity index is 3.15. The molecule has 0 unspecified atom stereocenters. The summed E-state index contributed by atoms with van der Waals surface area (Å²) < 4.78 is 0. The standard InChI is InChI=1S/C16H26N2O2/c1-8-13(19)18(14(20)9-2)12-10-15(3,4)17(7)16(5,6)11-12/h8-9,12H,1-2,10-11H2,3-7H3. The highest BCUT2D eigenvalue weighted by Crippen LogP contribution is 2.39. The van der Waals surface area contributed by atoms with Gasteiger partial charge in [0.15, 0.2) is 0 Å². The second-order valence-corrected chi connectivity index (χ2v) is 6.70. The van der Waals surface area contributed by atoms with Crippen LogP contribution in [0.25, 0.3) is 0 Å². The van der Waals surface area contributed by atoms with Gasteiger partial charge >= 0.3 is 0 Å². The van der Waals surface area contributed by atoms with Gasteiger partial charge in [-0.3, -0.25) is 19.4 Å². The molecule has 112 valence electrons. The minimum absolute atomic E-state index is 0.0897. The van der Waals surface area contributed by atoms with Crippen molar-refractivity contribution in [3.63, 3.8) is 0 Å². The van der Waals surface area contributed by atoms with Gasteiger partial charge in [0.1, 0.15) is 0 Å². The van der Waals surface area contributed by atoms with Gasteiger partial charge in [0, 0.05) is 17.1 Å². The smallest absolute Gasteiger partial charge is 0.253 e. The molecule has 0 bridgehead atoms. The normalized spacial score (nSPS) is 22.1. The molecule has 1 heterocycles. The van der Waals surface area contributed by atoms with Crippen molar-refractivity contribution in [3.05, 3.63) is 25.3 Å². The lowest BCUT2D eigenvalue weighted by Crippen LogP contribution is -2.63. The van der Waals surface area contributed by atoms with Gasteiger partial charge in [-0.25, -0.2) is 0 Å². The zero-order valence-electron chi connectivity index (χ0n) is 13.3. The maximum Gasteiger partial charge on any atom is 0.253 e. The Labute approximate surface area is 122 Å². The summed E-state index contributed by atoms with van der Waals surface area (Å²) in [5, 5.41) is 0. The zero-order valence-corrected chi connectivity index (χ0v) is 13.3. The molecule has 0 radical (unpaired) electrons. The van der Waals surface area contributed by atoms with Crippen LogP contribution in [-0.2, 0) is 9.59 Å². The maximum atomic E-state index is 12.0. The molecule has 1 fully saturated rings. The number of carbonyl (C=O) groups excluding carboxylic acids is 2. The molecule has 0 aliphatic carbocycles. The zero-order chi connectivity index (χ0) is 15.7. The molecule has 0 aromatic heterocycles. The molecule has 20 heavy (non-hydrogen) atoms. The van der Waals surface area contributed by atoms with Crippen LogP contribution in [0.2, 0.25) is 0 Å². The van der Waals surface area contributed by atoms with E-state index in [0.29, 0.717) is 0 Å². The number of nitrogens with zero attached hydrogens (tertiary/aromatic N) is 2. The van der Waals surface area contributed by atoms with Crippen molar-refractivity contribution in [2.45, 2.75) is 57.7 Å². The Hall–Kier alpha value is -1.42. The largest absolute Gasteiger partial charge is 0.296 e. The number of imide groups is 1. The number of hydrogen-bond acceptors (Lipinski definition) is 3. The summed E-state index contributed by atoms with van der Waals surface area (Å²) in [4.78, 5) is 27.7. The average molecular weight is 278 g/mol. The number of hydrogen-bond donors (Lipinski definition) is 0. The second-order valence-electron chi connectivity index (χ2n) is 6.70. The fraction of sp³-hybridized carbons (Fsp3) is 0.625. The first kappa shape index (κ1) is 16.6. The van der Waals surface area contributed by atoms with E-state index in [0.717, 1.165) is 12.8 Å². The van der Waals surface area contributed by atoms with E-state index in [2.05, 4.69) is 52.8 Å². The Morgan fingerprint density at radius 1 is 1.05 bits per heavy atom. The first-order chi connectivity index (χ1) is 9.06. The summed E-state index contributed by atoms with van der Waals surface area (Å²) in [5.41, 5.74) is -0.179. The van der Waals surface area contributed by atoms with Crippen molar-refractivity contribution < 1.29 is 9.59 Å².